The van der Waals surface area contributed by atoms with Gasteiger partial charge in [-0.2, -0.15) is 0 Å². The molecular weight excluding hydrogens is 860 g/mol. The highest BCUT2D eigenvalue weighted by Crippen LogP contribution is 2.08. The fraction of sp³-hybridized carbons (Fsp3) is 0.564. The summed E-state index contributed by atoms with van der Waals surface area (Å²) < 4.78 is 0. The monoisotopic (exact) mass is 922 g/mol. The van der Waals surface area contributed by atoms with Gasteiger partial charge in [-0.25, -0.2) is 0 Å². The van der Waals surface area contributed by atoms with Crippen molar-refractivity contribution in [3.05, 3.63) is 35.9 Å². The summed E-state index contributed by atoms with van der Waals surface area (Å²) in [5.41, 5.74) is 17.2. The van der Waals surface area contributed by atoms with Crippen molar-refractivity contribution in [1.82, 2.24) is 42.5 Å². The van der Waals surface area contributed by atoms with Gasteiger partial charge in [-0.1, -0.05) is 50.6 Å². The number of carbonyl (C=O) groups excluding carboxylic acids is 8. The maximum Gasteiger partial charge on any atom is 0.322 e. The molecule has 0 saturated heterocycles. The van der Waals surface area contributed by atoms with Crippen LogP contribution in [0.1, 0.15) is 58.9 Å². The van der Waals surface area contributed by atoms with Gasteiger partial charge in [0.15, 0.2) is 5.96 Å². The Hall–Kier alpha value is -6.93. The molecule has 0 spiro atoms. The Bertz CT molecular complexity index is 1850. The zero-order valence-corrected chi connectivity index (χ0v) is 36.5. The molecule has 0 saturated carbocycles. The lowest BCUT2D eigenvalue weighted by molar-refractivity contribution is -0.141. The zero-order chi connectivity index (χ0) is 49.4. The van der Waals surface area contributed by atoms with E-state index in [9.17, 15) is 63.3 Å². The minimum atomic E-state index is -1.89. The van der Waals surface area contributed by atoms with E-state index >= 15 is 0 Å². The van der Waals surface area contributed by atoms with Crippen molar-refractivity contribution >= 4 is 65.2 Å². The third-order valence-electron chi connectivity index (χ3n) is 9.55. The average molecular weight is 923 g/mol. The number of aliphatic carboxylic acids is 2. The van der Waals surface area contributed by atoms with E-state index in [1.807, 2.05) is 6.92 Å². The molecule has 362 valence electrons. The lowest BCUT2D eigenvalue weighted by atomic mass is 9.98. The van der Waals surface area contributed by atoms with Gasteiger partial charge >= 0.3 is 11.9 Å². The Morgan fingerprint density at radius 1 is 0.662 bits per heavy atom. The van der Waals surface area contributed by atoms with Crippen LogP contribution >= 0.6 is 0 Å². The molecule has 1 aromatic carbocycles. The summed E-state index contributed by atoms with van der Waals surface area (Å²) >= 11 is 0. The van der Waals surface area contributed by atoms with Crippen LogP contribution in [-0.2, 0) is 54.4 Å². The number of aliphatic hydroxyl groups excluding tert-OH is 2. The molecular formula is C39H62N12O14. The van der Waals surface area contributed by atoms with E-state index in [1.54, 1.807) is 37.3 Å². The third-order valence-corrected chi connectivity index (χ3v) is 9.55. The van der Waals surface area contributed by atoms with Crippen LogP contribution in [0.15, 0.2) is 35.3 Å². The predicted octanol–water partition coefficient (Wildman–Crippen LogP) is -6.25. The van der Waals surface area contributed by atoms with Crippen molar-refractivity contribution < 1.29 is 68.4 Å². The first-order chi connectivity index (χ1) is 30.5. The second-order valence-corrected chi connectivity index (χ2v) is 14.9. The second-order valence-electron chi connectivity index (χ2n) is 14.9. The smallest absolute Gasteiger partial charge is 0.322 e. The molecule has 0 aliphatic heterocycles. The van der Waals surface area contributed by atoms with Crippen LogP contribution < -0.4 is 59.7 Å². The van der Waals surface area contributed by atoms with E-state index in [0.29, 0.717) is 12.0 Å². The summed E-state index contributed by atoms with van der Waals surface area (Å²) in [6, 6.07) is -2.11. The number of rotatable bonds is 29. The molecule has 0 heterocycles. The maximum atomic E-state index is 13.3. The first-order valence-electron chi connectivity index (χ1n) is 20.4. The molecule has 26 heteroatoms. The lowest BCUT2D eigenvalue weighted by Crippen LogP contribution is -2.60. The number of nitrogens with two attached hydrogens (primary N) is 3. The first-order valence-corrected chi connectivity index (χ1v) is 20.4. The van der Waals surface area contributed by atoms with Crippen LogP contribution in [0.25, 0.3) is 0 Å². The van der Waals surface area contributed by atoms with Gasteiger partial charge in [0.1, 0.15) is 42.8 Å². The summed E-state index contributed by atoms with van der Waals surface area (Å²) in [5.74, 6) is -11.4. The van der Waals surface area contributed by atoms with Crippen molar-refractivity contribution in [1.29, 1.82) is 0 Å². The first kappa shape index (κ1) is 56.1. The van der Waals surface area contributed by atoms with Gasteiger partial charge in [0.2, 0.25) is 47.3 Å². The molecule has 0 aliphatic carbocycles. The van der Waals surface area contributed by atoms with Gasteiger partial charge in [0, 0.05) is 13.0 Å². The van der Waals surface area contributed by atoms with Crippen LogP contribution in [0, 0.1) is 5.92 Å². The van der Waals surface area contributed by atoms with Crippen molar-refractivity contribution in [2.24, 2.45) is 28.1 Å². The van der Waals surface area contributed by atoms with Crippen LogP contribution in [0.3, 0.4) is 0 Å². The molecule has 1 aromatic rings. The molecule has 18 N–H and O–H groups in total. The van der Waals surface area contributed by atoms with Crippen LogP contribution in [-0.4, -0.2) is 160 Å². The van der Waals surface area contributed by atoms with Crippen LogP contribution in [0.2, 0.25) is 0 Å². The number of carboxylic acid groups (broad SMARTS) is 2. The van der Waals surface area contributed by atoms with E-state index in [2.05, 4.69) is 47.5 Å². The van der Waals surface area contributed by atoms with Crippen LogP contribution in [0.4, 0.5) is 0 Å². The number of hydrogen-bond donors (Lipinski definition) is 15. The number of hydrogen-bond acceptors (Lipinski definition) is 14. The molecule has 0 radical (unpaired) electrons. The number of nitrogens with one attached hydrogen (secondary N) is 8. The summed E-state index contributed by atoms with van der Waals surface area (Å²) in [7, 11) is 0. The molecule has 0 bridgehead atoms. The van der Waals surface area contributed by atoms with Gasteiger partial charge in [-0.05, 0) is 38.2 Å². The predicted molar refractivity (Wildman–Crippen MR) is 229 cm³/mol. The van der Waals surface area contributed by atoms with Crippen molar-refractivity contribution in [3.8, 4) is 0 Å². The SMILES string of the molecule is CC[C@H](C)[C@H](N)C(=O)N[C@H](C(=O)N[C@@H](C)C(=O)N[C@@H](CCCN=C(N)N)C(=O)NCC(=O)N[C@@H](CC(=O)O)C(=O)N[C@@H](CO)C(=O)N[C@@H](Cc1ccccc1)C(=O)NCC(=O)O)[C@@H](C)O. The number of carboxylic acids is 2. The average Bonchev–Trinajstić information content (AvgIpc) is 3.25. The van der Waals surface area contributed by atoms with Crippen molar-refractivity contribution in [2.75, 3.05) is 26.2 Å². The fourth-order valence-electron chi connectivity index (χ4n) is 5.61. The highest BCUT2D eigenvalue weighted by Gasteiger charge is 2.33. The number of carbonyl (C=O) groups is 10. The summed E-state index contributed by atoms with van der Waals surface area (Å²) in [6.45, 7) is 3.29. The zero-order valence-electron chi connectivity index (χ0n) is 36.5. The Balaban J connectivity index is 3.09. The van der Waals surface area contributed by atoms with E-state index in [0.717, 1.165) is 0 Å². The second kappa shape index (κ2) is 28.7. The summed E-state index contributed by atoms with van der Waals surface area (Å²) in [6.07, 6.45) is -2.05. The van der Waals surface area contributed by atoms with Gasteiger partial charge in [-0.3, -0.25) is 52.9 Å². The van der Waals surface area contributed by atoms with Gasteiger partial charge in [-0.15, -0.1) is 0 Å². The van der Waals surface area contributed by atoms with Crippen molar-refractivity contribution in [3.63, 3.8) is 0 Å². The number of aliphatic imine (C=N–C) groups is 1. The molecule has 0 aromatic heterocycles. The molecule has 0 aliphatic rings. The standard InChI is InChI=1S/C39H62N12O14/c1-5-19(2)30(40)37(64)51-31(21(4)53)38(65)46-20(3)32(59)48-23(12-9-13-43-39(41)42)33(60)44-16-27(54)47-25(15-28(55)56)35(62)50-26(18-52)36(63)49-24(34(61)45-17-29(57)58)14-22-10-7-6-8-11-22/h6-8,10-11,19-21,23-26,30-31,52-53H,5,9,12-18,40H2,1-4H3,(H,44,60)(H,45,61)(H,46,65)(H,47,54)(H,48,59)(H,49,63)(H,50,62)(H,51,64)(H,55,56)(H,57,58)(H4,41,42,43)/t19-,20-,21+,23-,24-,25-,26-,30-,31-/m0/s1. The molecule has 0 unspecified atom stereocenters. The quantitative estimate of drug-likeness (QED) is 0.0202. The topological polar surface area (TPSA) is 438 Å². The van der Waals surface area contributed by atoms with E-state index in [-0.39, 0.29) is 37.7 Å². The molecule has 0 fully saturated rings. The lowest BCUT2D eigenvalue weighted by Gasteiger charge is -2.26. The Morgan fingerprint density at radius 2 is 1.23 bits per heavy atom. The van der Waals surface area contributed by atoms with Gasteiger partial charge in [0.05, 0.1) is 31.7 Å². The molecule has 26 nitrogen and oxygen atoms in total. The summed E-state index contributed by atoms with van der Waals surface area (Å²) in [5, 5.41) is 56.7. The number of guanidine groups is 1. The normalized spacial score (nSPS) is 14.9. The minimum absolute atomic E-state index is 0.00769. The molecule has 8 amide bonds. The number of amides is 8. The van der Waals surface area contributed by atoms with Gasteiger partial charge in [0.25, 0.3) is 0 Å². The highest BCUT2D eigenvalue weighted by atomic mass is 16.4. The fourth-order valence-corrected chi connectivity index (χ4v) is 5.61. The number of aliphatic hydroxyl groups is 2. The molecule has 9 atom stereocenters. The largest absolute Gasteiger partial charge is 0.481 e. The summed E-state index contributed by atoms with van der Waals surface area (Å²) in [4.78, 5) is 131. The van der Waals surface area contributed by atoms with Crippen LogP contribution in [0.5, 0.6) is 0 Å². The Kier molecular flexibility index (Phi) is 24.8. The third kappa shape index (κ3) is 21.3. The Labute approximate surface area is 374 Å². The van der Waals surface area contributed by atoms with Gasteiger partial charge < -0.3 is 80.2 Å². The maximum absolute atomic E-state index is 13.3. The number of benzene rings is 1. The molecule has 65 heavy (non-hydrogen) atoms. The minimum Gasteiger partial charge on any atom is -0.481 e. The van der Waals surface area contributed by atoms with E-state index < -0.39 is 134 Å². The van der Waals surface area contributed by atoms with E-state index in [4.69, 9.17) is 22.3 Å². The van der Waals surface area contributed by atoms with Crippen molar-refractivity contribution in [2.45, 2.75) is 108 Å². The molecule has 1 rings (SSSR count). The number of nitrogens with zero attached hydrogens (tertiary/aromatic N) is 1. The Morgan fingerprint density at radius 3 is 1.78 bits per heavy atom. The highest BCUT2D eigenvalue weighted by molar-refractivity contribution is 5.98. The van der Waals surface area contributed by atoms with E-state index in [1.165, 1.54) is 13.8 Å².